The van der Waals surface area contributed by atoms with Gasteiger partial charge in [-0.15, -0.1) is 0 Å². The van der Waals surface area contributed by atoms with Crippen LogP contribution in [0.2, 0.25) is 0 Å². The molecule has 1 amide bonds. The van der Waals surface area contributed by atoms with Crippen LogP contribution in [0, 0.1) is 31.1 Å². The zero-order valence-corrected chi connectivity index (χ0v) is 23.1. The average molecular weight is 677 g/mol. The Bertz CT molecular complexity index is 1410. The summed E-state index contributed by atoms with van der Waals surface area (Å²) < 4.78 is 56.2. The third-order valence-electron chi connectivity index (χ3n) is 5.55. The molecule has 0 aliphatic carbocycles. The number of hydroxylamine groups is 1. The van der Waals surface area contributed by atoms with Crippen molar-refractivity contribution < 1.29 is 47.4 Å². The number of nitrogens with one attached hydrogen (secondary N) is 1. The molecule has 11 nitrogen and oxygen atoms in total. The maximum Gasteiger partial charge on any atom is 0.278 e. The van der Waals surface area contributed by atoms with Crippen molar-refractivity contribution in [2.75, 3.05) is 32.3 Å². The highest BCUT2D eigenvalue weighted by Crippen LogP contribution is 2.40. The number of rotatable bonds is 12. The van der Waals surface area contributed by atoms with Crippen LogP contribution in [0.1, 0.15) is 15.9 Å². The molecule has 0 bridgehead atoms. The maximum absolute atomic E-state index is 15.5. The molecule has 0 aromatic heterocycles. The van der Waals surface area contributed by atoms with Crippen molar-refractivity contribution in [1.29, 1.82) is 0 Å². The molecule has 0 saturated heterocycles. The maximum atomic E-state index is 15.5. The Morgan fingerprint density at radius 2 is 1.77 bits per heavy atom. The highest BCUT2D eigenvalue weighted by Gasteiger charge is 2.30. The first-order chi connectivity index (χ1) is 19.0. The first-order valence-corrected chi connectivity index (χ1v) is 12.4. The summed E-state index contributed by atoms with van der Waals surface area (Å²) in [5.41, 5.74) is -0.292. The average Bonchev–Trinajstić information content (AvgIpc) is 2.92. The van der Waals surface area contributed by atoms with Gasteiger partial charge in [-0.25, -0.2) is 18.7 Å². The number of nitro groups is 1. The molecule has 1 atom stereocenters. The Morgan fingerprint density at radius 1 is 1.10 bits per heavy atom. The van der Waals surface area contributed by atoms with Crippen molar-refractivity contribution in [2.24, 2.45) is 0 Å². The number of amides is 1. The van der Waals surface area contributed by atoms with Gasteiger partial charge in [0.1, 0.15) is 18.5 Å². The highest BCUT2D eigenvalue weighted by atomic mass is 127. The molecule has 0 aliphatic heterocycles. The number of benzene rings is 3. The lowest BCUT2D eigenvalue weighted by Crippen LogP contribution is -2.31. The number of ether oxygens (including phenoxy) is 2. The van der Waals surface area contributed by atoms with Gasteiger partial charge in [0.25, 0.3) is 11.6 Å². The summed E-state index contributed by atoms with van der Waals surface area (Å²) in [6, 6.07) is 7.67. The van der Waals surface area contributed by atoms with Crippen molar-refractivity contribution >= 4 is 45.6 Å². The molecule has 15 heteroatoms. The summed E-state index contributed by atoms with van der Waals surface area (Å²) in [7, 11) is 2.55. The molecule has 0 aliphatic rings. The van der Waals surface area contributed by atoms with Crippen LogP contribution >= 0.6 is 22.6 Å². The van der Waals surface area contributed by atoms with E-state index in [-0.39, 0.29) is 22.7 Å². The van der Waals surface area contributed by atoms with E-state index >= 15 is 8.78 Å². The topological polar surface area (TPSA) is 144 Å². The molecule has 0 saturated carbocycles. The molecule has 0 heterocycles. The molecule has 0 spiro atoms. The number of nitrogens with zero attached hydrogens (tertiary/aromatic N) is 2. The number of anilines is 2. The van der Waals surface area contributed by atoms with Gasteiger partial charge in [-0.2, -0.15) is 0 Å². The van der Waals surface area contributed by atoms with Gasteiger partial charge >= 0.3 is 0 Å². The van der Waals surface area contributed by atoms with Crippen LogP contribution in [-0.4, -0.2) is 54.6 Å². The van der Waals surface area contributed by atoms with Crippen LogP contribution in [0.15, 0.2) is 42.5 Å². The molecular weight excluding hydrogens is 654 g/mol. The molecule has 214 valence electrons. The number of hydrogen-bond donors (Lipinski definition) is 3. The smallest absolute Gasteiger partial charge is 0.278 e. The SMILES string of the molecule is COc1cc(CN(c2ccc(I)cc2F)c2c(C(=O)NOC[C@H](O)CO)ccc(F)c2F)c([N+](=O)[O-])cc1OC. The number of carbonyl (C=O) groups excluding carboxylic acids is 1. The first-order valence-electron chi connectivity index (χ1n) is 11.3. The molecule has 0 radical (unpaired) electrons. The number of halogens is 4. The lowest BCUT2D eigenvalue weighted by Gasteiger charge is -2.28. The number of aliphatic hydroxyl groups is 2. The van der Waals surface area contributed by atoms with Crippen LogP contribution in [0.3, 0.4) is 0 Å². The third kappa shape index (κ3) is 6.90. The van der Waals surface area contributed by atoms with Crippen molar-refractivity contribution in [1.82, 2.24) is 5.48 Å². The van der Waals surface area contributed by atoms with Gasteiger partial charge in [0.05, 0.1) is 60.9 Å². The van der Waals surface area contributed by atoms with Crippen molar-refractivity contribution in [3.05, 3.63) is 84.7 Å². The second-order valence-corrected chi connectivity index (χ2v) is 9.36. The van der Waals surface area contributed by atoms with E-state index < -0.39 is 71.1 Å². The normalized spacial score (nSPS) is 11.6. The lowest BCUT2D eigenvalue weighted by atomic mass is 10.1. The standard InChI is InChI=1S/C25H23F3IN3O8/c1-38-21-7-13(20(32(36)37)9-22(21)39-2)10-31(19-6-3-14(29)8-18(19)27)24-16(4-5-17(26)23(24)28)25(35)30-40-12-15(34)11-33/h3-9,15,33-34H,10-12H2,1-2H3,(H,30,35)/t15-/m1/s1. The van der Waals surface area contributed by atoms with E-state index in [2.05, 4.69) is 0 Å². The van der Waals surface area contributed by atoms with Crippen LogP contribution in [-0.2, 0) is 11.4 Å². The quantitative estimate of drug-likeness (QED) is 0.147. The van der Waals surface area contributed by atoms with E-state index in [9.17, 15) is 24.4 Å². The number of carbonyl (C=O) groups is 1. The summed E-state index contributed by atoms with van der Waals surface area (Å²) in [6.07, 6.45) is -1.34. The zero-order chi connectivity index (χ0) is 29.6. The van der Waals surface area contributed by atoms with Gasteiger partial charge in [0.2, 0.25) is 0 Å². The summed E-state index contributed by atoms with van der Waals surface area (Å²) in [6.45, 7) is -1.83. The Balaban J connectivity index is 2.23. The van der Waals surface area contributed by atoms with Crippen LogP contribution in [0.4, 0.5) is 30.2 Å². The molecule has 3 aromatic carbocycles. The summed E-state index contributed by atoms with van der Waals surface area (Å²) >= 11 is 1.84. The van der Waals surface area contributed by atoms with Crippen LogP contribution < -0.4 is 19.9 Å². The van der Waals surface area contributed by atoms with Gasteiger partial charge in [-0.3, -0.25) is 19.7 Å². The summed E-state index contributed by atoms with van der Waals surface area (Å²) in [4.78, 5) is 29.8. The molecule has 0 unspecified atom stereocenters. The molecular formula is C25H23F3IN3O8. The van der Waals surface area contributed by atoms with E-state index in [1.165, 1.54) is 32.4 Å². The second kappa shape index (κ2) is 13.6. The van der Waals surface area contributed by atoms with Gasteiger partial charge < -0.3 is 24.6 Å². The van der Waals surface area contributed by atoms with E-state index in [0.29, 0.717) is 9.64 Å². The van der Waals surface area contributed by atoms with Crippen molar-refractivity contribution in [3.63, 3.8) is 0 Å². The Kier molecular flexibility index (Phi) is 10.5. The molecule has 3 N–H and O–H groups in total. The fraction of sp³-hybridized carbons (Fsp3) is 0.240. The lowest BCUT2D eigenvalue weighted by molar-refractivity contribution is -0.385. The zero-order valence-electron chi connectivity index (χ0n) is 21.0. The Labute approximate surface area is 239 Å². The highest BCUT2D eigenvalue weighted by molar-refractivity contribution is 14.1. The van der Waals surface area contributed by atoms with Gasteiger partial charge in [-0.05, 0) is 59.0 Å². The minimum atomic E-state index is -1.55. The van der Waals surface area contributed by atoms with Gasteiger partial charge in [-0.1, -0.05) is 0 Å². The monoisotopic (exact) mass is 677 g/mol. The molecule has 40 heavy (non-hydrogen) atoms. The Hall–Kier alpha value is -3.67. The Morgan fingerprint density at radius 3 is 2.38 bits per heavy atom. The minimum absolute atomic E-state index is 0.0177. The van der Waals surface area contributed by atoms with Crippen molar-refractivity contribution in [2.45, 2.75) is 12.6 Å². The first kappa shape index (κ1) is 30.9. The largest absolute Gasteiger partial charge is 0.493 e. The second-order valence-electron chi connectivity index (χ2n) is 8.11. The van der Waals surface area contributed by atoms with Gasteiger partial charge in [0.15, 0.2) is 23.1 Å². The van der Waals surface area contributed by atoms with E-state index in [1.807, 2.05) is 28.1 Å². The van der Waals surface area contributed by atoms with E-state index in [1.54, 1.807) is 0 Å². The molecule has 3 rings (SSSR count). The third-order valence-corrected chi connectivity index (χ3v) is 6.22. The van der Waals surface area contributed by atoms with Gasteiger partial charge in [0, 0.05) is 3.57 Å². The number of nitro benzene ring substituents is 1. The van der Waals surface area contributed by atoms with E-state index in [0.717, 1.165) is 23.1 Å². The van der Waals surface area contributed by atoms with Crippen LogP contribution in [0.25, 0.3) is 0 Å². The fourth-order valence-electron chi connectivity index (χ4n) is 3.66. The summed E-state index contributed by atoms with van der Waals surface area (Å²) in [5, 5.41) is 30.2. The molecule has 0 fully saturated rings. The summed E-state index contributed by atoms with van der Waals surface area (Å²) in [5.74, 6) is -4.86. The number of aliphatic hydroxyl groups excluding tert-OH is 2. The van der Waals surface area contributed by atoms with E-state index in [4.69, 9.17) is 19.4 Å². The number of hydrogen-bond acceptors (Lipinski definition) is 9. The fourth-order valence-corrected chi connectivity index (χ4v) is 4.11. The predicted octanol–water partition coefficient (Wildman–Crippen LogP) is 3.99. The van der Waals surface area contributed by atoms with Crippen LogP contribution in [0.5, 0.6) is 11.5 Å². The predicted molar refractivity (Wildman–Crippen MR) is 144 cm³/mol. The molecule has 3 aromatic rings. The minimum Gasteiger partial charge on any atom is -0.493 e. The number of methoxy groups -OCH3 is 2. The van der Waals surface area contributed by atoms with Crippen molar-refractivity contribution in [3.8, 4) is 11.5 Å².